The second-order valence-corrected chi connectivity index (χ2v) is 6.12. The van der Waals surface area contributed by atoms with Crippen LogP contribution in [0.1, 0.15) is 25.7 Å². The van der Waals surface area contributed by atoms with E-state index in [9.17, 15) is 0 Å². The van der Waals surface area contributed by atoms with Crippen molar-refractivity contribution in [3.63, 3.8) is 0 Å². The topological polar surface area (TPSA) is 27.7 Å². The summed E-state index contributed by atoms with van der Waals surface area (Å²) in [5, 5.41) is 2.28. The van der Waals surface area contributed by atoms with Crippen molar-refractivity contribution in [2.75, 3.05) is 20.3 Å². The third kappa shape index (κ3) is 3.19. The molecule has 1 aromatic carbocycles. The minimum absolute atomic E-state index is 0.262. The van der Waals surface area contributed by atoms with Gasteiger partial charge in [-0.05, 0) is 42.5 Å². The second kappa shape index (κ2) is 6.20. The van der Waals surface area contributed by atoms with Gasteiger partial charge in [0, 0.05) is 17.7 Å². The first kappa shape index (κ1) is 14.0. The summed E-state index contributed by atoms with van der Waals surface area (Å²) in [7, 11) is 1.69. The fourth-order valence-corrected chi connectivity index (χ4v) is 3.49. The summed E-state index contributed by atoms with van der Waals surface area (Å²) in [6.45, 7) is 1.50. The van der Waals surface area contributed by atoms with E-state index in [1.54, 1.807) is 18.9 Å². The van der Waals surface area contributed by atoms with Gasteiger partial charge in [-0.3, -0.25) is 0 Å². The van der Waals surface area contributed by atoms with E-state index in [-0.39, 0.29) is 5.79 Å². The van der Waals surface area contributed by atoms with E-state index in [0.29, 0.717) is 0 Å². The minimum Gasteiger partial charge on any atom is -0.497 e. The molecule has 1 aliphatic heterocycles. The molecule has 0 radical (unpaired) electrons. The quantitative estimate of drug-likeness (QED) is 0.787. The molecule has 1 spiro atoms. The van der Waals surface area contributed by atoms with Gasteiger partial charge in [0.05, 0.1) is 20.3 Å². The Bertz CT molecular complexity index is 463. The number of benzene rings is 1. The van der Waals surface area contributed by atoms with Gasteiger partial charge in [0.2, 0.25) is 0 Å². The van der Waals surface area contributed by atoms with Crippen molar-refractivity contribution >= 4 is 11.8 Å². The summed E-state index contributed by atoms with van der Waals surface area (Å²) >= 11 is 1.78. The Morgan fingerprint density at radius 3 is 2.35 bits per heavy atom. The largest absolute Gasteiger partial charge is 0.497 e. The van der Waals surface area contributed by atoms with Gasteiger partial charge < -0.3 is 14.2 Å². The van der Waals surface area contributed by atoms with Crippen LogP contribution in [0.3, 0.4) is 0 Å². The lowest BCUT2D eigenvalue weighted by Crippen LogP contribution is -2.32. The molecule has 20 heavy (non-hydrogen) atoms. The number of hydrogen-bond donors (Lipinski definition) is 0. The van der Waals surface area contributed by atoms with Gasteiger partial charge in [0.1, 0.15) is 5.75 Å². The van der Waals surface area contributed by atoms with Gasteiger partial charge in [-0.1, -0.05) is 17.3 Å². The van der Waals surface area contributed by atoms with Crippen LogP contribution in [-0.4, -0.2) is 26.1 Å². The molecule has 1 aromatic rings. The fraction of sp³-hybridized carbons (Fsp3) is 0.500. The summed E-state index contributed by atoms with van der Waals surface area (Å²) < 4.78 is 16.7. The van der Waals surface area contributed by atoms with Gasteiger partial charge in [-0.25, -0.2) is 0 Å². The lowest BCUT2D eigenvalue weighted by molar-refractivity contribution is -0.171. The van der Waals surface area contributed by atoms with Crippen molar-refractivity contribution in [2.24, 2.45) is 0 Å². The average molecular weight is 292 g/mol. The highest BCUT2D eigenvalue weighted by atomic mass is 32.2. The maximum absolute atomic E-state index is 5.75. The first-order chi connectivity index (χ1) is 9.80. The molecule has 0 aromatic heterocycles. The monoisotopic (exact) mass is 292 g/mol. The van der Waals surface area contributed by atoms with Gasteiger partial charge in [-0.2, -0.15) is 0 Å². The molecule has 1 aliphatic carbocycles. The van der Waals surface area contributed by atoms with Crippen molar-refractivity contribution in [3.05, 3.63) is 35.2 Å². The summed E-state index contributed by atoms with van der Waals surface area (Å²) in [6, 6.07) is 8.18. The van der Waals surface area contributed by atoms with Crippen LogP contribution < -0.4 is 4.74 Å². The molecule has 0 amide bonds. The van der Waals surface area contributed by atoms with Gasteiger partial charge in [0.15, 0.2) is 5.79 Å². The van der Waals surface area contributed by atoms with Crippen molar-refractivity contribution < 1.29 is 14.2 Å². The highest BCUT2D eigenvalue weighted by molar-refractivity contribution is 8.02. The van der Waals surface area contributed by atoms with E-state index in [1.165, 1.54) is 10.5 Å². The molecule has 3 rings (SSSR count). The highest BCUT2D eigenvalue weighted by Gasteiger charge is 2.38. The summed E-state index contributed by atoms with van der Waals surface area (Å²) in [5.41, 5.74) is 1.50. The number of rotatable bonds is 3. The molecule has 1 heterocycles. The lowest BCUT2D eigenvalue weighted by atomic mass is 9.91. The van der Waals surface area contributed by atoms with Crippen molar-refractivity contribution in [1.29, 1.82) is 0 Å². The van der Waals surface area contributed by atoms with Crippen LogP contribution in [0.2, 0.25) is 0 Å². The number of hydrogen-bond acceptors (Lipinski definition) is 4. The molecule has 1 saturated heterocycles. The molecule has 0 N–H and O–H groups in total. The molecule has 2 aliphatic rings. The second-order valence-electron chi connectivity index (χ2n) is 5.18. The first-order valence-corrected chi connectivity index (χ1v) is 7.94. The molecule has 0 unspecified atom stereocenters. The summed E-state index contributed by atoms with van der Waals surface area (Å²) in [6.07, 6.45) is 4.12. The number of ether oxygens (including phenoxy) is 3. The smallest absolute Gasteiger partial charge is 0.169 e. The predicted octanol–water partition coefficient (Wildman–Crippen LogP) is 3.99. The third-order valence-corrected chi connectivity index (χ3v) is 4.88. The highest BCUT2D eigenvalue weighted by Crippen LogP contribution is 2.39. The zero-order valence-corrected chi connectivity index (χ0v) is 12.6. The van der Waals surface area contributed by atoms with Gasteiger partial charge in [-0.15, -0.1) is 0 Å². The standard InChI is InChI=1S/C16H20O3S/c1-17-14-2-4-15(5-3-14)20-12-13-6-8-16(9-7-13)18-10-11-19-16/h2-5,12H,6-11H2,1H3. The van der Waals surface area contributed by atoms with Crippen LogP contribution in [0, 0.1) is 0 Å². The number of thioether (sulfide) groups is 1. The maximum Gasteiger partial charge on any atom is 0.169 e. The molecule has 108 valence electrons. The Balaban J connectivity index is 1.54. The predicted molar refractivity (Wildman–Crippen MR) is 80.0 cm³/mol. The minimum atomic E-state index is -0.262. The van der Waals surface area contributed by atoms with Crippen LogP contribution >= 0.6 is 11.8 Å². The Hall–Kier alpha value is -0.970. The summed E-state index contributed by atoms with van der Waals surface area (Å²) in [4.78, 5) is 1.24. The SMILES string of the molecule is COc1ccc(SC=C2CCC3(CC2)OCCO3)cc1. The lowest BCUT2D eigenvalue weighted by Gasteiger charge is -2.32. The van der Waals surface area contributed by atoms with Crippen LogP contribution in [0.25, 0.3) is 0 Å². The Morgan fingerprint density at radius 1 is 1.10 bits per heavy atom. The fourth-order valence-electron chi connectivity index (χ4n) is 2.66. The molecule has 0 bridgehead atoms. The third-order valence-electron chi connectivity index (χ3n) is 3.89. The Morgan fingerprint density at radius 2 is 1.75 bits per heavy atom. The first-order valence-electron chi connectivity index (χ1n) is 7.06. The van der Waals surface area contributed by atoms with Crippen molar-refractivity contribution in [3.8, 4) is 5.75 Å². The molecule has 0 atom stereocenters. The number of methoxy groups -OCH3 is 1. The van der Waals surface area contributed by atoms with E-state index in [1.807, 2.05) is 12.1 Å². The Kier molecular flexibility index (Phi) is 4.34. The van der Waals surface area contributed by atoms with Crippen LogP contribution in [0.15, 0.2) is 40.1 Å². The molecule has 4 heteroatoms. The van der Waals surface area contributed by atoms with Crippen molar-refractivity contribution in [2.45, 2.75) is 36.4 Å². The van der Waals surface area contributed by atoms with Crippen LogP contribution in [0.4, 0.5) is 0 Å². The summed E-state index contributed by atoms with van der Waals surface area (Å²) in [5.74, 6) is 0.638. The zero-order valence-electron chi connectivity index (χ0n) is 11.8. The normalized spacial score (nSPS) is 21.1. The van der Waals surface area contributed by atoms with Crippen molar-refractivity contribution in [1.82, 2.24) is 0 Å². The maximum atomic E-state index is 5.75. The molecule has 1 saturated carbocycles. The molecular formula is C16H20O3S. The van der Waals surface area contributed by atoms with E-state index in [2.05, 4.69) is 17.5 Å². The molecule has 2 fully saturated rings. The van der Waals surface area contributed by atoms with E-state index < -0.39 is 0 Å². The number of allylic oxidation sites excluding steroid dienone is 1. The van der Waals surface area contributed by atoms with Crippen LogP contribution in [0.5, 0.6) is 5.75 Å². The Labute approximate surface area is 124 Å². The van der Waals surface area contributed by atoms with E-state index in [0.717, 1.165) is 44.6 Å². The molecular weight excluding hydrogens is 272 g/mol. The average Bonchev–Trinajstić information content (AvgIpc) is 2.96. The van der Waals surface area contributed by atoms with E-state index >= 15 is 0 Å². The van der Waals surface area contributed by atoms with Gasteiger partial charge in [0.25, 0.3) is 0 Å². The van der Waals surface area contributed by atoms with E-state index in [4.69, 9.17) is 14.2 Å². The zero-order chi connectivity index (χ0) is 13.8. The molecule has 3 nitrogen and oxygen atoms in total. The van der Waals surface area contributed by atoms with Crippen LogP contribution in [-0.2, 0) is 9.47 Å². The van der Waals surface area contributed by atoms with Gasteiger partial charge >= 0.3 is 0 Å².